The summed E-state index contributed by atoms with van der Waals surface area (Å²) in [4.78, 5) is 11.4. The Morgan fingerprint density at radius 3 is 2.79 bits per heavy atom. The van der Waals surface area contributed by atoms with Crippen molar-refractivity contribution < 1.29 is 4.39 Å². The van der Waals surface area contributed by atoms with Gasteiger partial charge in [0, 0.05) is 18.3 Å². The molecular formula is C12H15FN4OS. The van der Waals surface area contributed by atoms with Gasteiger partial charge in [0.1, 0.15) is 5.82 Å². The van der Waals surface area contributed by atoms with Crippen LogP contribution in [-0.2, 0) is 6.54 Å². The number of nitrogens with zero attached hydrogens (tertiary/aromatic N) is 2. The van der Waals surface area contributed by atoms with Crippen LogP contribution in [0.15, 0.2) is 34.2 Å². The second-order valence-corrected chi connectivity index (χ2v) is 5.01. The van der Waals surface area contributed by atoms with Gasteiger partial charge in [0.25, 0.3) is 0 Å². The summed E-state index contributed by atoms with van der Waals surface area (Å²) >= 11 is 1.40. The van der Waals surface area contributed by atoms with Crippen LogP contribution in [0.1, 0.15) is 18.5 Å². The Labute approximate surface area is 114 Å². The van der Waals surface area contributed by atoms with Crippen LogP contribution in [-0.4, -0.2) is 20.5 Å². The number of benzene rings is 1. The molecule has 102 valence electrons. The normalized spacial score (nSPS) is 12.6. The quantitative estimate of drug-likeness (QED) is 0.815. The maximum absolute atomic E-state index is 12.8. The topological polar surface area (TPSA) is 76.7 Å². The first kappa shape index (κ1) is 13.8. The highest BCUT2D eigenvalue weighted by Crippen LogP contribution is 2.21. The van der Waals surface area contributed by atoms with Gasteiger partial charge in [-0.15, -0.1) is 5.10 Å². The van der Waals surface area contributed by atoms with Gasteiger partial charge in [0.05, 0.1) is 0 Å². The molecule has 3 N–H and O–H groups in total. The minimum atomic E-state index is -0.282. The molecule has 0 aliphatic heterocycles. The summed E-state index contributed by atoms with van der Waals surface area (Å²) in [6, 6.07) is 5.87. The van der Waals surface area contributed by atoms with Crippen molar-refractivity contribution in [3.8, 4) is 0 Å². The Morgan fingerprint density at radius 1 is 1.47 bits per heavy atom. The molecule has 0 bridgehead atoms. The summed E-state index contributed by atoms with van der Waals surface area (Å²) < 4.78 is 14.3. The Kier molecular flexibility index (Phi) is 4.39. The van der Waals surface area contributed by atoms with Crippen LogP contribution >= 0.6 is 11.8 Å². The van der Waals surface area contributed by atoms with E-state index in [9.17, 15) is 9.18 Å². The molecule has 2 rings (SSSR count). The van der Waals surface area contributed by atoms with Crippen LogP contribution in [0.5, 0.6) is 0 Å². The molecule has 1 unspecified atom stereocenters. The molecule has 0 fully saturated rings. The lowest BCUT2D eigenvalue weighted by Gasteiger charge is -2.11. The Balaban J connectivity index is 2.02. The van der Waals surface area contributed by atoms with Crippen LogP contribution < -0.4 is 11.4 Å². The zero-order chi connectivity index (χ0) is 13.8. The van der Waals surface area contributed by atoms with Crippen LogP contribution in [0.3, 0.4) is 0 Å². The summed E-state index contributed by atoms with van der Waals surface area (Å²) in [6.07, 6.45) is 0. The molecule has 0 saturated heterocycles. The third kappa shape index (κ3) is 3.24. The number of nitrogens with one attached hydrogen (secondary N) is 1. The fourth-order valence-electron chi connectivity index (χ4n) is 1.66. The summed E-state index contributed by atoms with van der Waals surface area (Å²) in [5, 5.41) is 6.96. The first-order valence-corrected chi connectivity index (χ1v) is 6.89. The molecule has 2 aromatic rings. The molecule has 7 heteroatoms. The van der Waals surface area contributed by atoms with E-state index < -0.39 is 0 Å². The van der Waals surface area contributed by atoms with Crippen molar-refractivity contribution >= 4 is 11.8 Å². The SMILES string of the molecule is CCn1c(SCC(N)c2ccc(F)cc2)n[nH]c1=O. The van der Waals surface area contributed by atoms with Gasteiger partial charge in [-0.05, 0) is 24.6 Å². The van der Waals surface area contributed by atoms with E-state index in [2.05, 4.69) is 10.2 Å². The average molecular weight is 282 g/mol. The van der Waals surface area contributed by atoms with E-state index in [1.807, 2.05) is 6.92 Å². The lowest BCUT2D eigenvalue weighted by molar-refractivity contribution is 0.626. The molecular weight excluding hydrogens is 267 g/mol. The Hall–Kier alpha value is -1.60. The van der Waals surface area contributed by atoms with Gasteiger partial charge in [-0.2, -0.15) is 0 Å². The lowest BCUT2D eigenvalue weighted by Crippen LogP contribution is -2.17. The maximum Gasteiger partial charge on any atom is 0.343 e. The zero-order valence-electron chi connectivity index (χ0n) is 10.5. The molecule has 1 atom stereocenters. The summed E-state index contributed by atoms with van der Waals surface area (Å²) in [5.74, 6) is 0.284. The third-order valence-electron chi connectivity index (χ3n) is 2.73. The fourth-order valence-corrected chi connectivity index (χ4v) is 2.66. The summed E-state index contributed by atoms with van der Waals surface area (Å²) in [6.45, 7) is 2.43. The van der Waals surface area contributed by atoms with E-state index in [-0.39, 0.29) is 17.5 Å². The molecule has 1 aromatic carbocycles. The number of aromatic amines is 1. The van der Waals surface area contributed by atoms with E-state index in [4.69, 9.17) is 5.73 Å². The molecule has 0 saturated carbocycles. The van der Waals surface area contributed by atoms with E-state index in [0.29, 0.717) is 17.5 Å². The minimum Gasteiger partial charge on any atom is -0.323 e. The van der Waals surface area contributed by atoms with Crippen molar-refractivity contribution in [3.05, 3.63) is 46.1 Å². The molecule has 1 aromatic heterocycles. The van der Waals surface area contributed by atoms with Gasteiger partial charge in [0.2, 0.25) is 0 Å². The molecule has 1 heterocycles. The molecule has 5 nitrogen and oxygen atoms in total. The van der Waals surface area contributed by atoms with Crippen molar-refractivity contribution in [3.63, 3.8) is 0 Å². The van der Waals surface area contributed by atoms with Gasteiger partial charge in [-0.25, -0.2) is 14.3 Å². The van der Waals surface area contributed by atoms with E-state index >= 15 is 0 Å². The lowest BCUT2D eigenvalue weighted by atomic mass is 10.1. The molecule has 0 aliphatic carbocycles. The van der Waals surface area contributed by atoms with Crippen molar-refractivity contribution in [1.82, 2.24) is 14.8 Å². The minimum absolute atomic E-state index is 0.222. The molecule has 0 radical (unpaired) electrons. The van der Waals surface area contributed by atoms with E-state index in [0.717, 1.165) is 5.56 Å². The zero-order valence-corrected chi connectivity index (χ0v) is 11.3. The highest BCUT2D eigenvalue weighted by atomic mass is 32.2. The number of halogens is 1. The highest BCUT2D eigenvalue weighted by molar-refractivity contribution is 7.99. The second-order valence-electron chi connectivity index (χ2n) is 4.02. The molecule has 0 amide bonds. The monoisotopic (exact) mass is 282 g/mol. The smallest absolute Gasteiger partial charge is 0.323 e. The highest BCUT2D eigenvalue weighted by Gasteiger charge is 2.11. The third-order valence-corrected chi connectivity index (χ3v) is 3.83. The molecule has 19 heavy (non-hydrogen) atoms. The first-order chi connectivity index (χ1) is 9.11. The van der Waals surface area contributed by atoms with Gasteiger partial charge in [-0.1, -0.05) is 23.9 Å². The Bertz CT molecular complexity index is 593. The molecule has 0 aliphatic rings. The van der Waals surface area contributed by atoms with Gasteiger partial charge in [0.15, 0.2) is 5.16 Å². The fraction of sp³-hybridized carbons (Fsp3) is 0.333. The number of H-pyrrole nitrogens is 1. The predicted molar refractivity (Wildman–Crippen MR) is 72.6 cm³/mol. The van der Waals surface area contributed by atoms with Crippen LogP contribution in [0, 0.1) is 5.82 Å². The van der Waals surface area contributed by atoms with Crippen molar-refractivity contribution in [2.24, 2.45) is 5.73 Å². The van der Waals surface area contributed by atoms with Crippen LogP contribution in [0.4, 0.5) is 4.39 Å². The number of aromatic nitrogens is 3. The standard InChI is InChI=1S/C12H15FN4OS/c1-2-17-11(18)15-16-12(17)19-7-10(14)8-3-5-9(13)6-4-8/h3-6,10H,2,7,14H2,1H3,(H,15,18). The molecule has 0 spiro atoms. The Morgan fingerprint density at radius 2 is 2.16 bits per heavy atom. The van der Waals surface area contributed by atoms with Gasteiger partial charge in [-0.3, -0.25) is 4.57 Å². The number of hydrogen-bond acceptors (Lipinski definition) is 4. The number of rotatable bonds is 5. The van der Waals surface area contributed by atoms with Crippen LogP contribution in [0.2, 0.25) is 0 Å². The van der Waals surface area contributed by atoms with Gasteiger partial charge >= 0.3 is 5.69 Å². The predicted octanol–water partition coefficient (Wildman–Crippen LogP) is 1.52. The average Bonchev–Trinajstić information content (AvgIpc) is 2.77. The van der Waals surface area contributed by atoms with Gasteiger partial charge < -0.3 is 5.73 Å². The number of hydrogen-bond donors (Lipinski definition) is 2. The van der Waals surface area contributed by atoms with E-state index in [1.165, 1.54) is 23.9 Å². The van der Waals surface area contributed by atoms with Crippen molar-refractivity contribution in [2.45, 2.75) is 24.7 Å². The number of thioether (sulfide) groups is 1. The van der Waals surface area contributed by atoms with E-state index in [1.54, 1.807) is 16.7 Å². The number of nitrogens with two attached hydrogens (primary N) is 1. The summed E-state index contributed by atoms with van der Waals surface area (Å²) in [5.41, 5.74) is 6.66. The maximum atomic E-state index is 12.8. The first-order valence-electron chi connectivity index (χ1n) is 5.91. The summed E-state index contributed by atoms with van der Waals surface area (Å²) in [7, 11) is 0. The largest absolute Gasteiger partial charge is 0.343 e. The second kappa shape index (κ2) is 6.03. The van der Waals surface area contributed by atoms with Crippen molar-refractivity contribution in [1.29, 1.82) is 0 Å². The van der Waals surface area contributed by atoms with Crippen molar-refractivity contribution in [2.75, 3.05) is 5.75 Å². The van der Waals surface area contributed by atoms with Crippen LogP contribution in [0.25, 0.3) is 0 Å².